The number of ether oxygens (including phenoxy) is 1. The first kappa shape index (κ1) is 16.8. The highest BCUT2D eigenvalue weighted by Gasteiger charge is 2.36. The van der Waals surface area contributed by atoms with Crippen LogP contribution in [0.5, 0.6) is 0 Å². The first-order chi connectivity index (χ1) is 8.92. The lowest BCUT2D eigenvalue weighted by Gasteiger charge is -2.29. The van der Waals surface area contributed by atoms with Crippen LogP contribution in [0.1, 0.15) is 48.0 Å². The molecule has 0 saturated carbocycles. The first-order valence-electron chi connectivity index (χ1n) is 7.17. The van der Waals surface area contributed by atoms with Crippen LogP contribution in [0, 0.1) is 5.41 Å². The van der Waals surface area contributed by atoms with Gasteiger partial charge < -0.3 is 14.5 Å². The van der Waals surface area contributed by atoms with Gasteiger partial charge in [0.25, 0.3) is 0 Å². The topological polar surface area (TPSA) is 49.9 Å². The van der Waals surface area contributed by atoms with Crippen molar-refractivity contribution in [3.8, 4) is 0 Å². The fourth-order valence-electron chi connectivity index (χ4n) is 2.20. The molecule has 0 N–H and O–H groups in total. The van der Waals surface area contributed by atoms with E-state index < -0.39 is 5.60 Å². The molecule has 1 heterocycles. The normalized spacial score (nSPS) is 19.9. The Morgan fingerprint density at radius 1 is 1.15 bits per heavy atom. The van der Waals surface area contributed by atoms with E-state index in [0.717, 1.165) is 6.42 Å². The summed E-state index contributed by atoms with van der Waals surface area (Å²) in [6.45, 7) is 12.6. The molecule has 1 fully saturated rings. The second-order valence-corrected chi connectivity index (χ2v) is 7.53. The largest absolute Gasteiger partial charge is 0.444 e. The molecule has 1 atom stereocenters. The molecular weight excluding hydrogens is 256 g/mol. The number of rotatable bonds is 1. The van der Waals surface area contributed by atoms with Crippen LogP contribution in [0.25, 0.3) is 0 Å². The van der Waals surface area contributed by atoms with E-state index in [2.05, 4.69) is 0 Å². The molecule has 1 saturated heterocycles. The van der Waals surface area contributed by atoms with E-state index in [1.807, 2.05) is 46.4 Å². The monoisotopic (exact) mass is 284 g/mol. The van der Waals surface area contributed by atoms with E-state index in [1.54, 1.807) is 11.9 Å². The van der Waals surface area contributed by atoms with Crippen molar-refractivity contribution in [2.45, 2.75) is 59.6 Å². The third kappa shape index (κ3) is 4.39. The number of nitrogens with zero attached hydrogens (tertiary/aromatic N) is 2. The molecule has 1 aliphatic rings. The molecule has 5 nitrogen and oxygen atoms in total. The summed E-state index contributed by atoms with van der Waals surface area (Å²) < 4.78 is 5.36. The number of hydrogen-bond acceptors (Lipinski definition) is 3. The maximum Gasteiger partial charge on any atom is 0.410 e. The van der Waals surface area contributed by atoms with Crippen molar-refractivity contribution < 1.29 is 14.3 Å². The molecule has 0 radical (unpaired) electrons. The highest BCUT2D eigenvalue weighted by atomic mass is 16.6. The van der Waals surface area contributed by atoms with Gasteiger partial charge in [0.15, 0.2) is 0 Å². The molecule has 2 amide bonds. The van der Waals surface area contributed by atoms with Crippen LogP contribution in [-0.2, 0) is 9.53 Å². The third-order valence-electron chi connectivity index (χ3n) is 3.32. The van der Waals surface area contributed by atoms with E-state index in [0.29, 0.717) is 13.1 Å². The molecule has 1 unspecified atom stereocenters. The van der Waals surface area contributed by atoms with Gasteiger partial charge in [-0.3, -0.25) is 4.79 Å². The molecule has 0 aromatic heterocycles. The third-order valence-corrected chi connectivity index (χ3v) is 3.32. The Morgan fingerprint density at radius 3 is 2.15 bits per heavy atom. The van der Waals surface area contributed by atoms with Gasteiger partial charge in [-0.2, -0.15) is 0 Å². The predicted molar refractivity (Wildman–Crippen MR) is 78.4 cm³/mol. The minimum Gasteiger partial charge on any atom is -0.444 e. The van der Waals surface area contributed by atoms with Gasteiger partial charge in [-0.25, -0.2) is 4.79 Å². The molecule has 5 heteroatoms. The maximum absolute atomic E-state index is 12.2. The molecular formula is C15H28N2O3. The number of likely N-dealkylation sites (N-methyl/N-ethyl adjacent to an activating group) is 1. The highest BCUT2D eigenvalue weighted by Crippen LogP contribution is 2.23. The van der Waals surface area contributed by atoms with Gasteiger partial charge in [0.1, 0.15) is 5.60 Å². The predicted octanol–water partition coefficient (Wildman–Crippen LogP) is 2.50. The molecule has 0 spiro atoms. The van der Waals surface area contributed by atoms with Crippen molar-refractivity contribution in [3.63, 3.8) is 0 Å². The lowest BCUT2D eigenvalue weighted by Crippen LogP contribution is -2.44. The number of carbonyl (C=O) groups is 2. The van der Waals surface area contributed by atoms with Crippen molar-refractivity contribution in [1.82, 2.24) is 9.80 Å². The summed E-state index contributed by atoms with van der Waals surface area (Å²) in [4.78, 5) is 27.7. The van der Waals surface area contributed by atoms with Gasteiger partial charge in [0.05, 0.1) is 6.04 Å². The average Bonchev–Trinajstić information content (AvgIpc) is 2.72. The Labute approximate surface area is 122 Å². The Balaban J connectivity index is 2.60. The Hall–Kier alpha value is -1.26. The van der Waals surface area contributed by atoms with E-state index >= 15 is 0 Å². The second kappa shape index (κ2) is 5.62. The molecule has 0 aromatic carbocycles. The Morgan fingerprint density at radius 2 is 1.70 bits per heavy atom. The summed E-state index contributed by atoms with van der Waals surface area (Å²) in [5.41, 5.74) is -0.871. The minimum atomic E-state index is -0.495. The summed E-state index contributed by atoms with van der Waals surface area (Å²) in [5, 5.41) is 0. The number of amides is 2. The molecule has 0 aromatic rings. The Bertz CT molecular complexity index is 380. The number of carbonyl (C=O) groups excluding carboxylic acids is 2. The van der Waals surface area contributed by atoms with Gasteiger partial charge in [-0.05, 0) is 27.2 Å². The van der Waals surface area contributed by atoms with Crippen LogP contribution in [0.2, 0.25) is 0 Å². The van der Waals surface area contributed by atoms with Crippen molar-refractivity contribution in [2.75, 3.05) is 20.1 Å². The molecule has 116 valence electrons. The average molecular weight is 284 g/mol. The number of hydrogen-bond donors (Lipinski definition) is 0. The van der Waals surface area contributed by atoms with Crippen LogP contribution in [-0.4, -0.2) is 53.6 Å². The lowest BCUT2D eigenvalue weighted by atomic mass is 9.95. The quantitative estimate of drug-likeness (QED) is 0.743. The van der Waals surface area contributed by atoms with Gasteiger partial charge in [-0.1, -0.05) is 20.8 Å². The zero-order valence-corrected chi connectivity index (χ0v) is 13.8. The van der Waals surface area contributed by atoms with Crippen molar-refractivity contribution >= 4 is 12.0 Å². The fourth-order valence-corrected chi connectivity index (χ4v) is 2.20. The zero-order chi connectivity index (χ0) is 15.7. The highest BCUT2D eigenvalue weighted by molar-refractivity contribution is 5.82. The van der Waals surface area contributed by atoms with Gasteiger partial charge in [-0.15, -0.1) is 0 Å². The van der Waals surface area contributed by atoms with E-state index in [1.165, 1.54) is 0 Å². The second-order valence-electron chi connectivity index (χ2n) is 7.53. The van der Waals surface area contributed by atoms with Crippen molar-refractivity contribution in [3.05, 3.63) is 0 Å². The summed E-state index contributed by atoms with van der Waals surface area (Å²) >= 11 is 0. The van der Waals surface area contributed by atoms with Crippen molar-refractivity contribution in [2.24, 2.45) is 5.41 Å². The zero-order valence-electron chi connectivity index (χ0n) is 13.8. The lowest BCUT2D eigenvalue weighted by molar-refractivity contribution is -0.138. The molecule has 1 rings (SSSR count). The standard InChI is InChI=1S/C15H28N2O3/c1-14(2,3)12(18)17-9-8-11(10-17)16(7)13(19)20-15(4,5)6/h11H,8-10H2,1-7H3. The maximum atomic E-state index is 12.2. The SMILES string of the molecule is CN(C(=O)OC(C)(C)C)C1CCN(C(=O)C(C)(C)C)C1. The molecule has 20 heavy (non-hydrogen) atoms. The fraction of sp³-hybridized carbons (Fsp3) is 0.867. The summed E-state index contributed by atoms with van der Waals surface area (Å²) in [7, 11) is 1.74. The van der Waals surface area contributed by atoms with Crippen molar-refractivity contribution in [1.29, 1.82) is 0 Å². The van der Waals surface area contributed by atoms with Crippen LogP contribution in [0.3, 0.4) is 0 Å². The first-order valence-corrected chi connectivity index (χ1v) is 7.17. The van der Waals surface area contributed by atoms with Crippen LogP contribution >= 0.6 is 0 Å². The molecule has 0 bridgehead atoms. The smallest absolute Gasteiger partial charge is 0.410 e. The van der Waals surface area contributed by atoms with Crippen LogP contribution in [0.4, 0.5) is 4.79 Å². The number of likely N-dealkylation sites (tertiary alicyclic amines) is 1. The van der Waals surface area contributed by atoms with E-state index in [4.69, 9.17) is 4.74 Å². The van der Waals surface area contributed by atoms with Gasteiger partial charge in [0, 0.05) is 25.6 Å². The Kier molecular flexibility index (Phi) is 4.72. The summed E-state index contributed by atoms with van der Waals surface area (Å²) in [5.74, 6) is 0.137. The summed E-state index contributed by atoms with van der Waals surface area (Å²) in [6, 6.07) is 0.0381. The summed E-state index contributed by atoms with van der Waals surface area (Å²) in [6.07, 6.45) is 0.477. The molecule has 0 aliphatic carbocycles. The van der Waals surface area contributed by atoms with Gasteiger partial charge in [0.2, 0.25) is 5.91 Å². The molecule has 1 aliphatic heterocycles. The van der Waals surface area contributed by atoms with Crippen LogP contribution < -0.4 is 0 Å². The van der Waals surface area contributed by atoms with Gasteiger partial charge >= 0.3 is 6.09 Å². The van der Waals surface area contributed by atoms with Crippen LogP contribution in [0.15, 0.2) is 0 Å². The van der Waals surface area contributed by atoms with E-state index in [-0.39, 0.29) is 23.5 Å². The minimum absolute atomic E-state index is 0.0381. The van der Waals surface area contributed by atoms with E-state index in [9.17, 15) is 9.59 Å².